The highest BCUT2D eigenvalue weighted by molar-refractivity contribution is 9.10. The van der Waals surface area contributed by atoms with E-state index >= 15 is 0 Å². The molecule has 2 heterocycles. The first kappa shape index (κ1) is 72.0. The summed E-state index contributed by atoms with van der Waals surface area (Å²) in [5.74, 6) is -1.33. The van der Waals surface area contributed by atoms with Gasteiger partial charge in [-0.05, 0) is 149 Å². The van der Waals surface area contributed by atoms with E-state index in [1.807, 2.05) is 20.8 Å². The van der Waals surface area contributed by atoms with Crippen LogP contribution in [0.5, 0.6) is 0 Å². The highest BCUT2D eigenvalue weighted by Gasteiger charge is 2.33. The van der Waals surface area contributed by atoms with Crippen molar-refractivity contribution in [3.63, 3.8) is 0 Å². The monoisotopic (exact) mass is 1210 g/mol. The van der Waals surface area contributed by atoms with E-state index < -0.39 is 12.1 Å². The van der Waals surface area contributed by atoms with Crippen molar-refractivity contribution in [2.24, 2.45) is 5.92 Å². The number of unbranched alkanes of at least 4 members (excludes halogenated alkanes) is 23. The van der Waals surface area contributed by atoms with Crippen LogP contribution in [0.25, 0.3) is 16.5 Å². The maximum absolute atomic E-state index is 13.2. The third kappa shape index (κ3) is 30.5. The van der Waals surface area contributed by atoms with Crippen molar-refractivity contribution in [1.82, 2.24) is 14.4 Å². The fourth-order valence-corrected chi connectivity index (χ4v) is 11.6. The van der Waals surface area contributed by atoms with E-state index in [0.29, 0.717) is 31.7 Å². The topological polar surface area (TPSA) is 134 Å². The molecule has 1 aromatic carbocycles. The zero-order chi connectivity index (χ0) is 59.4. The second-order valence-corrected chi connectivity index (χ2v) is 24.0. The number of ether oxygens (including phenoxy) is 4. The summed E-state index contributed by atoms with van der Waals surface area (Å²) >= 11 is 3.86. The van der Waals surface area contributed by atoms with Crippen LogP contribution in [0.2, 0.25) is 0 Å². The number of aromatic nitrogens is 1. The number of hydrogen-bond acceptors (Lipinski definition) is 10. The summed E-state index contributed by atoms with van der Waals surface area (Å²) in [6, 6.07) is 6.75. The number of carbonyl (C=O) groups is 5. The fraction of sp³-hybridized carbons (Fsp3) is 0.725. The van der Waals surface area contributed by atoms with Crippen molar-refractivity contribution >= 4 is 62.7 Å². The van der Waals surface area contributed by atoms with Crippen LogP contribution >= 0.6 is 15.9 Å². The Balaban J connectivity index is 0.00000236. The highest BCUT2D eigenvalue weighted by atomic mass is 79.9. The van der Waals surface area contributed by atoms with Crippen molar-refractivity contribution in [3.8, 4) is 0 Å². The van der Waals surface area contributed by atoms with Gasteiger partial charge < -0.3 is 28.4 Å². The minimum atomic E-state index is -0.878. The quantitative estimate of drug-likeness (QED) is 0.0207. The molecule has 2 unspecified atom stereocenters. The number of amides is 1. The average Bonchev–Trinajstić information content (AvgIpc) is 2.07. The standard InChI is InChI=1S/C64H101BrN2O8.C5H11NO/c1-5-7-9-11-13-15-17-19-21-23-25-27-29-31-33-43-59(68)72-49-53(50-73-60(69)44-34-32-30-28-26-24-22-20-18-16-14-12-10-8-6-2)75-62(71)47-52(3)39-35-36-45-61(70)74-51-67-57-42-37-40-55-54-41-38-46-66(4)58(54)48-56(63(55)57)64(67)65;1-3-6(4-2)5-7/h19-22,37,40-42,52-53,58H,5-18,23-36,38-39,43-51H2,1-4H3;5H,3-4H2,1-2H3/b21-19-,22-20-;. The number of likely N-dealkylation sites (N-methyl/N-ethyl adjacent to an activating group) is 1. The lowest BCUT2D eigenvalue weighted by Gasteiger charge is -2.37. The van der Waals surface area contributed by atoms with Crippen molar-refractivity contribution < 1.29 is 42.9 Å². The summed E-state index contributed by atoms with van der Waals surface area (Å²) in [6.45, 7) is 12.9. The van der Waals surface area contributed by atoms with Gasteiger partial charge in [0, 0.05) is 56.7 Å². The minimum Gasteiger partial charge on any atom is -0.462 e. The Labute approximate surface area is 505 Å². The van der Waals surface area contributed by atoms with Crippen molar-refractivity contribution in [1.29, 1.82) is 0 Å². The van der Waals surface area contributed by atoms with Crippen LogP contribution in [0.1, 0.15) is 264 Å². The van der Waals surface area contributed by atoms with Crippen LogP contribution in [0.4, 0.5) is 0 Å². The maximum Gasteiger partial charge on any atom is 0.307 e. The Hall–Kier alpha value is -4.23. The molecule has 1 aliphatic carbocycles. The van der Waals surface area contributed by atoms with Crippen LogP contribution in [-0.2, 0) is 56.1 Å². The molecule has 0 N–H and O–H groups in total. The molecular weight excluding hydrogens is 1090 g/mol. The maximum atomic E-state index is 13.2. The fourth-order valence-electron chi connectivity index (χ4n) is 11.0. The molecule has 2 aromatic rings. The van der Waals surface area contributed by atoms with Gasteiger partial charge in [-0.25, -0.2) is 0 Å². The molecule has 1 aromatic heterocycles. The molecule has 0 radical (unpaired) electrons. The molecule has 0 saturated carbocycles. The van der Waals surface area contributed by atoms with Crippen LogP contribution in [-0.4, -0.2) is 96.7 Å². The Kier molecular flexibility index (Phi) is 40.5. The number of benzene rings is 1. The number of esters is 4. The van der Waals surface area contributed by atoms with Crippen LogP contribution in [0, 0.1) is 5.92 Å². The van der Waals surface area contributed by atoms with Gasteiger partial charge >= 0.3 is 23.9 Å². The van der Waals surface area contributed by atoms with E-state index in [2.05, 4.69) is 94.9 Å². The lowest BCUT2D eigenvalue weighted by Crippen LogP contribution is -2.39. The first-order valence-electron chi connectivity index (χ1n) is 32.8. The molecule has 1 amide bonds. The number of nitrogens with zero attached hydrogens (tertiary/aromatic N) is 3. The van der Waals surface area contributed by atoms with Crippen LogP contribution < -0.4 is 0 Å². The van der Waals surface area contributed by atoms with Gasteiger partial charge in [0.1, 0.15) is 13.2 Å². The third-order valence-electron chi connectivity index (χ3n) is 16.2. The van der Waals surface area contributed by atoms with E-state index in [1.54, 1.807) is 4.90 Å². The van der Waals surface area contributed by atoms with E-state index in [0.717, 1.165) is 126 Å². The SMILES string of the molecule is CCCCCCCC/C=C\CCCCCCCC(=O)OCC(COC(=O)CCCCCCC/C=C\CCCCCCCC)OC(=O)CC(C)CCCCC(=O)OCn1c(Br)c2c3c(cccc31)C1=CCCN(C)C1C2.CCN(C=O)CC. The lowest BCUT2D eigenvalue weighted by atomic mass is 9.82. The van der Waals surface area contributed by atoms with Gasteiger partial charge in [0.05, 0.1) is 10.1 Å². The molecule has 2 atom stereocenters. The second-order valence-electron chi connectivity index (χ2n) is 23.2. The van der Waals surface area contributed by atoms with Gasteiger partial charge in [0.2, 0.25) is 6.41 Å². The molecule has 12 nitrogen and oxygen atoms in total. The third-order valence-corrected chi connectivity index (χ3v) is 17.1. The van der Waals surface area contributed by atoms with Crippen molar-refractivity contribution in [2.45, 2.75) is 278 Å². The zero-order valence-electron chi connectivity index (χ0n) is 52.3. The number of carbonyl (C=O) groups excluding carboxylic acids is 5. The number of allylic oxidation sites excluding steroid dienone is 4. The molecule has 0 fully saturated rings. The molecule has 0 spiro atoms. The smallest absolute Gasteiger partial charge is 0.307 e. The number of halogens is 1. The number of hydrogen-bond donors (Lipinski definition) is 0. The van der Waals surface area contributed by atoms with Crippen molar-refractivity contribution in [2.75, 3.05) is 39.9 Å². The molecule has 1 aliphatic heterocycles. The van der Waals surface area contributed by atoms with Crippen molar-refractivity contribution in [3.05, 3.63) is 64.3 Å². The summed E-state index contributed by atoms with van der Waals surface area (Å²) in [5, 5.41) is 1.24. The Morgan fingerprint density at radius 3 is 1.60 bits per heavy atom. The van der Waals surface area contributed by atoms with Gasteiger partial charge in [-0.1, -0.05) is 179 Å². The predicted molar refractivity (Wildman–Crippen MR) is 340 cm³/mol. The summed E-state index contributed by atoms with van der Waals surface area (Å²) < 4.78 is 25.9. The average molecular weight is 1210 g/mol. The van der Waals surface area contributed by atoms with Crippen LogP contribution in [0.15, 0.2) is 53.2 Å². The molecule has 0 saturated heterocycles. The number of fused-ring (bicyclic) bond motifs is 2. The Morgan fingerprint density at radius 1 is 0.634 bits per heavy atom. The summed E-state index contributed by atoms with van der Waals surface area (Å²) in [6.07, 6.45) is 47.6. The summed E-state index contributed by atoms with van der Waals surface area (Å²) in [5.41, 5.74) is 5.00. The minimum absolute atomic E-state index is 0.00340. The molecule has 0 bridgehead atoms. The van der Waals surface area contributed by atoms with Gasteiger partial charge in [-0.3, -0.25) is 28.9 Å². The van der Waals surface area contributed by atoms with Gasteiger partial charge in [-0.2, -0.15) is 0 Å². The largest absolute Gasteiger partial charge is 0.462 e. The second kappa shape index (κ2) is 46.1. The summed E-state index contributed by atoms with van der Waals surface area (Å²) in [7, 11) is 2.20. The molecule has 82 heavy (non-hydrogen) atoms. The molecule has 2 aliphatic rings. The highest BCUT2D eigenvalue weighted by Crippen LogP contribution is 2.44. The number of rotatable bonds is 47. The lowest BCUT2D eigenvalue weighted by molar-refractivity contribution is -0.167. The van der Waals surface area contributed by atoms with Crippen LogP contribution in [0.3, 0.4) is 0 Å². The molecular formula is C69H112BrN3O9. The van der Waals surface area contributed by atoms with Gasteiger partial charge in [0.15, 0.2) is 12.8 Å². The molecule has 4 rings (SSSR count). The van der Waals surface area contributed by atoms with E-state index in [9.17, 15) is 24.0 Å². The van der Waals surface area contributed by atoms with E-state index in [-0.39, 0.29) is 50.2 Å². The predicted octanol–water partition coefficient (Wildman–Crippen LogP) is 17.7. The van der Waals surface area contributed by atoms with Gasteiger partial charge in [-0.15, -0.1) is 0 Å². The Bertz CT molecular complexity index is 2110. The first-order chi connectivity index (χ1) is 40.0. The molecule has 464 valence electrons. The normalized spacial score (nSPS) is 14.4. The van der Waals surface area contributed by atoms with E-state index in [1.165, 1.54) is 125 Å². The van der Waals surface area contributed by atoms with Gasteiger partial charge in [0.25, 0.3) is 0 Å². The first-order valence-corrected chi connectivity index (χ1v) is 33.6. The zero-order valence-corrected chi connectivity index (χ0v) is 53.9. The Morgan fingerprint density at radius 2 is 1.11 bits per heavy atom. The summed E-state index contributed by atoms with van der Waals surface area (Å²) in [4.78, 5) is 65.8. The molecule has 13 heteroatoms. The van der Waals surface area contributed by atoms with E-state index in [4.69, 9.17) is 18.9 Å².